The van der Waals surface area contributed by atoms with Crippen LogP contribution in [0.25, 0.3) is 11.4 Å². The van der Waals surface area contributed by atoms with Crippen LogP contribution in [0.4, 0.5) is 14.6 Å². The first-order chi connectivity index (χ1) is 7.58. The Morgan fingerprint density at radius 3 is 2.62 bits per heavy atom. The molecule has 16 heavy (non-hydrogen) atoms. The summed E-state index contributed by atoms with van der Waals surface area (Å²) in [6, 6.07) is 3.68. The van der Waals surface area contributed by atoms with Crippen LogP contribution in [0.2, 0.25) is 0 Å². The predicted octanol–water partition coefficient (Wildman–Crippen LogP) is 2.31. The van der Waals surface area contributed by atoms with Crippen LogP contribution in [0.5, 0.6) is 0 Å². The molecular weight excluding hydrogens is 212 g/mol. The molecule has 0 atom stereocenters. The molecule has 0 fully saturated rings. The molecule has 1 heterocycles. The molecule has 2 N–H and O–H groups in total. The van der Waals surface area contributed by atoms with Gasteiger partial charge in [-0.05, 0) is 24.6 Å². The largest absolute Gasteiger partial charge is 0.384 e. The fourth-order valence-corrected chi connectivity index (χ4v) is 1.33. The summed E-state index contributed by atoms with van der Waals surface area (Å²) in [6.07, 6.45) is 1.43. The van der Waals surface area contributed by atoms with Crippen LogP contribution in [0.3, 0.4) is 0 Å². The minimum absolute atomic E-state index is 0.145. The van der Waals surface area contributed by atoms with E-state index in [1.807, 2.05) is 0 Å². The minimum Gasteiger partial charge on any atom is -0.384 e. The number of nitrogens with two attached hydrogens (primary N) is 1. The van der Waals surface area contributed by atoms with Gasteiger partial charge < -0.3 is 5.73 Å². The summed E-state index contributed by atoms with van der Waals surface area (Å²) in [7, 11) is 0. The highest BCUT2D eigenvalue weighted by Gasteiger charge is 2.11. The lowest BCUT2D eigenvalue weighted by Crippen LogP contribution is -1.97. The normalized spacial score (nSPS) is 10.4. The van der Waals surface area contributed by atoms with Crippen molar-refractivity contribution in [2.24, 2.45) is 0 Å². The topological polar surface area (TPSA) is 51.8 Å². The molecule has 3 nitrogen and oxygen atoms in total. The smallest absolute Gasteiger partial charge is 0.164 e. The standard InChI is InChI=1S/C11H9F2N3/c1-6-4-7(9(13)5-8(6)12)11-15-3-2-10(14)16-11/h2-5H,1H3,(H2,14,15,16). The van der Waals surface area contributed by atoms with Crippen LogP contribution in [0.1, 0.15) is 5.56 Å². The lowest BCUT2D eigenvalue weighted by Gasteiger charge is -2.04. The maximum absolute atomic E-state index is 13.5. The van der Waals surface area contributed by atoms with Gasteiger partial charge in [0.05, 0.1) is 5.56 Å². The molecule has 0 saturated heterocycles. The molecule has 0 bridgehead atoms. The van der Waals surface area contributed by atoms with Gasteiger partial charge in [0.2, 0.25) is 0 Å². The van der Waals surface area contributed by atoms with Gasteiger partial charge in [-0.1, -0.05) is 0 Å². The summed E-state index contributed by atoms with van der Waals surface area (Å²) in [4.78, 5) is 7.77. The lowest BCUT2D eigenvalue weighted by atomic mass is 10.1. The third-order valence-corrected chi connectivity index (χ3v) is 2.17. The van der Waals surface area contributed by atoms with Crippen LogP contribution < -0.4 is 5.73 Å². The molecule has 2 rings (SSSR count). The van der Waals surface area contributed by atoms with Crippen LogP contribution in [-0.4, -0.2) is 9.97 Å². The van der Waals surface area contributed by atoms with Gasteiger partial charge in [0.1, 0.15) is 17.5 Å². The van der Waals surface area contributed by atoms with Gasteiger partial charge in [0.25, 0.3) is 0 Å². The fraction of sp³-hybridized carbons (Fsp3) is 0.0909. The van der Waals surface area contributed by atoms with Crippen LogP contribution >= 0.6 is 0 Å². The zero-order valence-electron chi connectivity index (χ0n) is 8.54. The first-order valence-electron chi connectivity index (χ1n) is 4.62. The fourth-order valence-electron chi connectivity index (χ4n) is 1.33. The van der Waals surface area contributed by atoms with E-state index in [4.69, 9.17) is 5.73 Å². The molecule has 0 amide bonds. The number of benzene rings is 1. The molecule has 0 aliphatic rings. The zero-order valence-corrected chi connectivity index (χ0v) is 8.54. The Bertz CT molecular complexity index is 541. The minimum atomic E-state index is -0.700. The van der Waals surface area contributed by atoms with Crippen molar-refractivity contribution in [1.29, 1.82) is 0 Å². The summed E-state index contributed by atoms with van der Waals surface area (Å²) in [5, 5.41) is 0. The molecule has 0 spiro atoms. The van der Waals surface area contributed by atoms with Crippen molar-refractivity contribution in [3.05, 3.63) is 41.6 Å². The maximum Gasteiger partial charge on any atom is 0.164 e. The summed E-state index contributed by atoms with van der Waals surface area (Å²) in [5.41, 5.74) is 5.95. The third-order valence-electron chi connectivity index (χ3n) is 2.17. The van der Waals surface area contributed by atoms with E-state index in [0.717, 1.165) is 6.07 Å². The highest BCUT2D eigenvalue weighted by Crippen LogP contribution is 2.22. The van der Waals surface area contributed by atoms with Gasteiger partial charge in [-0.3, -0.25) is 0 Å². The van der Waals surface area contributed by atoms with E-state index in [1.54, 1.807) is 6.92 Å². The van der Waals surface area contributed by atoms with E-state index in [0.29, 0.717) is 5.56 Å². The Hall–Kier alpha value is -2.04. The van der Waals surface area contributed by atoms with Crippen molar-refractivity contribution in [2.45, 2.75) is 6.92 Å². The average molecular weight is 221 g/mol. The molecule has 1 aromatic carbocycles. The monoisotopic (exact) mass is 221 g/mol. The van der Waals surface area contributed by atoms with E-state index in [9.17, 15) is 8.78 Å². The van der Waals surface area contributed by atoms with Crippen molar-refractivity contribution in [1.82, 2.24) is 9.97 Å². The average Bonchev–Trinajstić information content (AvgIpc) is 2.23. The Morgan fingerprint density at radius 1 is 1.19 bits per heavy atom. The SMILES string of the molecule is Cc1cc(-c2nccc(N)n2)c(F)cc1F. The Kier molecular flexibility index (Phi) is 2.52. The first-order valence-corrected chi connectivity index (χ1v) is 4.62. The number of hydrogen-bond donors (Lipinski definition) is 1. The first kappa shape index (κ1) is 10.5. The lowest BCUT2D eigenvalue weighted by molar-refractivity contribution is 0.579. The Morgan fingerprint density at radius 2 is 1.94 bits per heavy atom. The van der Waals surface area contributed by atoms with Crippen LogP contribution in [0.15, 0.2) is 24.4 Å². The summed E-state index contributed by atoms with van der Waals surface area (Å²) < 4.78 is 26.5. The summed E-state index contributed by atoms with van der Waals surface area (Å²) in [6.45, 7) is 1.55. The second-order valence-corrected chi connectivity index (χ2v) is 3.39. The van der Waals surface area contributed by atoms with Gasteiger partial charge >= 0.3 is 0 Å². The van der Waals surface area contributed by atoms with Gasteiger partial charge in [-0.2, -0.15) is 0 Å². The molecule has 1 aromatic heterocycles. The van der Waals surface area contributed by atoms with Gasteiger partial charge in [0.15, 0.2) is 5.82 Å². The molecule has 0 aliphatic heterocycles. The number of nitrogens with zero attached hydrogens (tertiary/aromatic N) is 2. The Labute approximate surface area is 91.0 Å². The van der Waals surface area contributed by atoms with Crippen molar-refractivity contribution in [2.75, 3.05) is 5.73 Å². The molecular formula is C11H9F2N3. The summed E-state index contributed by atoms with van der Waals surface area (Å²) in [5.74, 6) is -0.897. The van der Waals surface area contributed by atoms with Crippen molar-refractivity contribution < 1.29 is 8.78 Å². The van der Waals surface area contributed by atoms with Crippen molar-refractivity contribution >= 4 is 5.82 Å². The molecule has 5 heteroatoms. The van der Waals surface area contributed by atoms with Crippen LogP contribution in [-0.2, 0) is 0 Å². The Balaban J connectivity index is 2.60. The highest BCUT2D eigenvalue weighted by atomic mass is 19.1. The van der Waals surface area contributed by atoms with E-state index in [2.05, 4.69) is 9.97 Å². The van der Waals surface area contributed by atoms with Gasteiger partial charge in [0, 0.05) is 12.3 Å². The number of aryl methyl sites for hydroxylation is 1. The van der Waals surface area contributed by atoms with Crippen molar-refractivity contribution in [3.8, 4) is 11.4 Å². The molecule has 0 saturated carbocycles. The number of hydrogen-bond acceptors (Lipinski definition) is 3. The number of halogens is 2. The molecule has 0 radical (unpaired) electrons. The second-order valence-electron chi connectivity index (χ2n) is 3.39. The molecule has 0 aliphatic carbocycles. The van der Waals surface area contributed by atoms with E-state index >= 15 is 0 Å². The molecule has 0 unspecified atom stereocenters. The second kappa shape index (κ2) is 3.84. The van der Waals surface area contributed by atoms with E-state index in [1.165, 1.54) is 18.3 Å². The number of aromatic nitrogens is 2. The van der Waals surface area contributed by atoms with Crippen LogP contribution in [0, 0.1) is 18.6 Å². The number of anilines is 1. The maximum atomic E-state index is 13.5. The zero-order chi connectivity index (χ0) is 11.7. The van der Waals surface area contributed by atoms with Crippen molar-refractivity contribution in [3.63, 3.8) is 0 Å². The van der Waals surface area contributed by atoms with Gasteiger partial charge in [-0.15, -0.1) is 0 Å². The number of nitrogen functional groups attached to an aromatic ring is 1. The highest BCUT2D eigenvalue weighted by molar-refractivity contribution is 5.58. The van der Waals surface area contributed by atoms with Gasteiger partial charge in [-0.25, -0.2) is 18.7 Å². The predicted molar refractivity (Wildman–Crippen MR) is 56.5 cm³/mol. The molecule has 82 valence electrons. The quantitative estimate of drug-likeness (QED) is 0.803. The van der Waals surface area contributed by atoms with E-state index < -0.39 is 11.6 Å². The summed E-state index contributed by atoms with van der Waals surface area (Å²) >= 11 is 0. The third kappa shape index (κ3) is 1.84. The van der Waals surface area contributed by atoms with E-state index in [-0.39, 0.29) is 17.2 Å². The number of rotatable bonds is 1. The molecule has 2 aromatic rings.